The Bertz CT molecular complexity index is 4770. The molecule has 0 radical (unpaired) electrons. The van der Waals surface area contributed by atoms with Crippen molar-refractivity contribution in [3.8, 4) is 5.75 Å². The molecule has 524 valence electrons. The molecule has 100 heavy (non-hydrogen) atoms. The Kier molecular flexibility index (Phi) is 23.5. The number of rotatable bonds is 32. The van der Waals surface area contributed by atoms with Crippen molar-refractivity contribution in [1.29, 1.82) is 0 Å². The quantitative estimate of drug-likeness (QED) is 0.0269. The summed E-state index contributed by atoms with van der Waals surface area (Å²) in [6.45, 7) is 5.12. The van der Waals surface area contributed by atoms with E-state index in [4.69, 9.17) is 33.2 Å². The monoisotopic (exact) mass is 1510 g/mol. The Hall–Kier alpha value is -8.04. The second-order valence-electron chi connectivity index (χ2n) is 25.0. The number of nitrogens with one attached hydrogen (secondary N) is 3. The lowest BCUT2D eigenvalue weighted by atomic mass is 9.83. The van der Waals surface area contributed by atoms with Crippen LogP contribution in [0.15, 0.2) is 165 Å². The summed E-state index contributed by atoms with van der Waals surface area (Å²) < 4.78 is 113. The van der Waals surface area contributed by atoms with Gasteiger partial charge in [0.05, 0.1) is 81.0 Å². The summed E-state index contributed by atoms with van der Waals surface area (Å²) in [4.78, 5) is 25.7. The van der Waals surface area contributed by atoms with Crippen LogP contribution in [0.4, 0.5) is 13.4 Å². The van der Waals surface area contributed by atoms with E-state index in [1.54, 1.807) is 50.6 Å². The summed E-state index contributed by atoms with van der Waals surface area (Å²) in [5.74, 6) is 0.00559. The minimum atomic E-state index is -4.64. The molecule has 12 rings (SSSR count). The Balaban J connectivity index is 0.819. The van der Waals surface area contributed by atoms with Crippen LogP contribution in [0, 0.1) is 6.92 Å². The van der Waals surface area contributed by atoms with Crippen LogP contribution in [-0.4, -0.2) is 151 Å². The van der Waals surface area contributed by atoms with E-state index in [2.05, 4.69) is 105 Å². The predicted molar refractivity (Wildman–Crippen MR) is 398 cm³/mol. The first-order valence-electron chi connectivity index (χ1n) is 33.9. The number of hydrogen-bond donors (Lipinski definition) is 3. The summed E-state index contributed by atoms with van der Waals surface area (Å²) >= 11 is 7.71. The summed E-state index contributed by atoms with van der Waals surface area (Å²) in [5.41, 5.74) is 10.3. The van der Waals surface area contributed by atoms with E-state index in [1.807, 2.05) is 74.5 Å². The van der Waals surface area contributed by atoms with Gasteiger partial charge in [-0.15, -0.1) is 0 Å². The number of halogens is 4. The molecule has 6 aromatic carbocycles. The molecular formula is C76H82BBr2F2N7O11S. The van der Waals surface area contributed by atoms with Crippen molar-refractivity contribution in [2.24, 2.45) is 0 Å². The molecule has 1 saturated carbocycles. The molecule has 3 aliphatic rings. The Morgan fingerprint density at radius 2 is 1.18 bits per heavy atom. The van der Waals surface area contributed by atoms with Gasteiger partial charge in [-0.2, -0.15) is 0 Å². The van der Waals surface area contributed by atoms with Gasteiger partial charge in [0.1, 0.15) is 5.75 Å². The lowest BCUT2D eigenvalue weighted by Crippen LogP contribution is -2.51. The molecule has 5 heterocycles. The number of hydrogen-bond acceptors (Lipinski definition) is 11. The van der Waals surface area contributed by atoms with Crippen molar-refractivity contribution in [1.82, 2.24) is 29.0 Å². The smallest absolute Gasteiger partial charge is 0.484 e. The van der Waals surface area contributed by atoms with Crippen LogP contribution >= 0.6 is 31.9 Å². The van der Waals surface area contributed by atoms with E-state index in [0.29, 0.717) is 134 Å². The lowest BCUT2D eigenvalue weighted by molar-refractivity contribution is -0.362. The largest absolute Gasteiger partial charge is 0.737 e. The SMILES string of the molecule is COCCOCCOCCn1c2ccccc2c2cc(/C=C/C3=[N+]4C(=C(c5ccc(OCC(=O)NCCc6ccc(S(=O)(=O)NC(=O)NC7CCCCC7)cc6)cc5)c5c(C)c(Br)c(/C=C/c6ccc7c(c6)c6ccccc6n7CCOCCOCCOC)n5[B-]4(F)F)C(C)=C3Br)ccc21. The first-order valence-corrected chi connectivity index (χ1v) is 36.9. The van der Waals surface area contributed by atoms with E-state index in [0.717, 1.165) is 92.4 Å². The van der Waals surface area contributed by atoms with Crippen molar-refractivity contribution in [2.45, 2.75) is 76.4 Å². The van der Waals surface area contributed by atoms with Gasteiger partial charge in [-0.1, -0.05) is 98.1 Å². The molecule has 1 fully saturated rings. The van der Waals surface area contributed by atoms with Crippen LogP contribution < -0.4 is 20.1 Å². The number of amides is 3. The zero-order valence-corrected chi connectivity index (χ0v) is 60.5. The molecular weight excluding hydrogens is 1430 g/mol. The highest BCUT2D eigenvalue weighted by Crippen LogP contribution is 2.49. The zero-order chi connectivity index (χ0) is 69.9. The van der Waals surface area contributed by atoms with Crippen LogP contribution in [0.2, 0.25) is 0 Å². The number of fused-ring (bicyclic) bond motifs is 8. The number of ether oxygens (including phenoxy) is 7. The number of nitrogens with zero attached hydrogens (tertiary/aromatic N) is 4. The first-order chi connectivity index (χ1) is 48.6. The second-order valence-corrected chi connectivity index (χ2v) is 28.3. The number of carbonyl (C=O) groups is 2. The van der Waals surface area contributed by atoms with Crippen LogP contribution in [0.5, 0.6) is 5.75 Å². The number of methoxy groups -OCH3 is 2. The Morgan fingerprint density at radius 3 is 1.76 bits per heavy atom. The van der Waals surface area contributed by atoms with Crippen molar-refractivity contribution in [3.05, 3.63) is 199 Å². The predicted octanol–water partition coefficient (Wildman–Crippen LogP) is 14.2. The maximum atomic E-state index is 18.8. The number of aromatic nitrogens is 3. The molecule has 3 amide bonds. The van der Waals surface area contributed by atoms with E-state index in [-0.39, 0.29) is 41.4 Å². The average molecular weight is 1510 g/mol. The van der Waals surface area contributed by atoms with E-state index in [9.17, 15) is 18.0 Å². The molecule has 0 bridgehead atoms. The summed E-state index contributed by atoms with van der Waals surface area (Å²) in [6, 6.07) is 41.3. The molecule has 0 atom stereocenters. The fourth-order valence-electron chi connectivity index (χ4n) is 13.6. The van der Waals surface area contributed by atoms with E-state index in [1.165, 1.54) is 21.1 Å². The molecule has 9 aromatic rings. The Labute approximate surface area is 598 Å². The number of para-hydroxylation sites is 2. The molecule has 2 aliphatic heterocycles. The average Bonchev–Trinajstić information content (AvgIpc) is 1.52. The topological polar surface area (TPSA) is 187 Å². The molecule has 18 nitrogen and oxygen atoms in total. The van der Waals surface area contributed by atoms with Gasteiger partial charge >= 0.3 is 13.0 Å². The van der Waals surface area contributed by atoms with Gasteiger partial charge in [-0.05, 0) is 166 Å². The van der Waals surface area contributed by atoms with Gasteiger partial charge in [-0.3, -0.25) is 4.79 Å². The van der Waals surface area contributed by atoms with Gasteiger partial charge in [0.2, 0.25) is 0 Å². The minimum Gasteiger partial charge on any atom is -0.484 e. The van der Waals surface area contributed by atoms with Gasteiger partial charge in [0, 0.05) is 111 Å². The van der Waals surface area contributed by atoms with Gasteiger partial charge in [0.25, 0.3) is 15.9 Å². The molecule has 0 spiro atoms. The van der Waals surface area contributed by atoms with Crippen molar-refractivity contribution < 1.29 is 64.3 Å². The van der Waals surface area contributed by atoms with Crippen LogP contribution in [0.1, 0.15) is 78.2 Å². The highest BCUT2D eigenvalue weighted by molar-refractivity contribution is 9.12. The summed E-state index contributed by atoms with van der Waals surface area (Å²) in [6.07, 6.45) is 12.4. The van der Waals surface area contributed by atoms with Crippen molar-refractivity contribution >= 4 is 134 Å². The van der Waals surface area contributed by atoms with Crippen LogP contribution in [0.3, 0.4) is 0 Å². The summed E-state index contributed by atoms with van der Waals surface area (Å²) in [7, 11) is -0.813. The molecule has 3 aromatic heterocycles. The van der Waals surface area contributed by atoms with Crippen LogP contribution in [-0.2, 0) is 62.7 Å². The maximum Gasteiger partial charge on any atom is 0.737 e. The minimum absolute atomic E-state index is 0.0489. The molecule has 0 saturated heterocycles. The fraction of sp³-hybridized carbons (Fsp3) is 0.329. The number of urea groups is 1. The first kappa shape index (κ1) is 71.8. The molecule has 3 N–H and O–H groups in total. The lowest BCUT2D eigenvalue weighted by Gasteiger charge is -2.34. The third-order valence-corrected chi connectivity index (χ3v) is 21.9. The zero-order valence-electron chi connectivity index (χ0n) is 56.5. The summed E-state index contributed by atoms with van der Waals surface area (Å²) in [5, 5.41) is 9.81. The third kappa shape index (κ3) is 15.8. The molecule has 24 heteroatoms. The maximum absolute atomic E-state index is 18.8. The number of carbonyl (C=O) groups excluding carboxylic acids is 2. The number of benzene rings is 6. The highest BCUT2D eigenvalue weighted by Gasteiger charge is 2.57. The number of allylic oxidation sites excluding steroid dienone is 3. The second kappa shape index (κ2) is 32.7. The normalized spacial score (nSPS) is 15.0. The van der Waals surface area contributed by atoms with E-state index >= 15 is 8.63 Å². The highest BCUT2D eigenvalue weighted by atomic mass is 79.9. The fourth-order valence-corrected chi connectivity index (χ4v) is 15.6. The Morgan fingerprint density at radius 1 is 0.640 bits per heavy atom. The molecule has 0 unspecified atom stereocenters. The van der Waals surface area contributed by atoms with Crippen LogP contribution in [0.25, 0.3) is 67.4 Å². The third-order valence-electron chi connectivity index (χ3n) is 18.6. The van der Waals surface area contributed by atoms with Gasteiger partial charge < -0.3 is 70.5 Å². The standard InChI is InChI=1S/C76H82BBr2F2N7O11S/c1-51-72(78)68(32-22-54-20-30-66-62(48-54)60-14-8-10-16-64(60)85(66)36-38-95-44-46-97-42-40-93-3)87-74(51)71(56-24-26-58(27-25-56)99-50-70(89)82-35-34-53-18-28-59(29-19-53)100(91,92)84-76(90)83-57-12-6-5-7-13-57)75-52(2)73(79)69(88(75)77(87,80)81)33-23-55-21-31-67-63(49-55)61-15-9-11-17-65(61)86(67)37-39-96-45-47-98-43-41-94-4/h8-11,14-33,48-49,57H,5-7,12-13,34-47,50H2,1-4H3,(H,82,89)(H2,83,84,90)/b32-22+,33-23+. The van der Waals surface area contributed by atoms with Gasteiger partial charge in [0.15, 0.2) is 18.0 Å². The number of sulfonamides is 1. The van der Waals surface area contributed by atoms with Crippen molar-refractivity contribution in [3.63, 3.8) is 0 Å². The van der Waals surface area contributed by atoms with E-state index < -0.39 is 23.0 Å². The van der Waals surface area contributed by atoms with Crippen molar-refractivity contribution in [2.75, 3.05) is 93.4 Å². The van der Waals surface area contributed by atoms with Gasteiger partial charge in [-0.25, -0.2) is 17.9 Å². The molecule has 1 aliphatic carbocycles.